The summed E-state index contributed by atoms with van der Waals surface area (Å²) >= 11 is 12.0. The molecule has 2 aromatic rings. The molecule has 33 heavy (non-hydrogen) atoms. The molecule has 7 nitrogen and oxygen atoms in total. The van der Waals surface area contributed by atoms with Crippen LogP contribution in [0.4, 0.5) is 13.2 Å². The zero-order valence-electron chi connectivity index (χ0n) is 15.4. The standard InChI is InChI=1S/C17H8Br2F3I3O7S/c18-7-1-2-8(19)13(16(27)32-14-9(24)3-6(23)4-10(14)25)12(7)15(26)31-11(17(20,21)22)5-33(28,29)30/h1-4,11H,5H2,(H,28,29,30). The van der Waals surface area contributed by atoms with Gasteiger partial charge in [-0.1, -0.05) is 0 Å². The molecule has 16 heteroatoms. The molecule has 2 aromatic carbocycles. The second kappa shape index (κ2) is 11.5. The number of carbonyl (C=O) groups excluding carboxylic acids is 2. The van der Waals surface area contributed by atoms with Crippen molar-refractivity contribution in [2.45, 2.75) is 12.3 Å². The van der Waals surface area contributed by atoms with Crippen LogP contribution in [-0.2, 0) is 14.9 Å². The van der Waals surface area contributed by atoms with Gasteiger partial charge in [0.15, 0.2) is 5.75 Å². The Kier molecular flexibility index (Phi) is 10.3. The van der Waals surface area contributed by atoms with Crippen LogP contribution in [0.3, 0.4) is 0 Å². The molecule has 0 aliphatic carbocycles. The third kappa shape index (κ3) is 8.12. The van der Waals surface area contributed by atoms with Crippen molar-refractivity contribution in [1.29, 1.82) is 0 Å². The first-order valence-electron chi connectivity index (χ1n) is 8.09. The molecule has 0 saturated heterocycles. The highest BCUT2D eigenvalue weighted by Crippen LogP contribution is 2.34. The first-order chi connectivity index (χ1) is 15.0. The molecule has 0 bridgehead atoms. The van der Waals surface area contributed by atoms with Crippen molar-refractivity contribution in [3.05, 3.63) is 55.0 Å². The normalized spacial score (nSPS) is 12.9. The van der Waals surface area contributed by atoms with Gasteiger partial charge in [0.25, 0.3) is 10.1 Å². The van der Waals surface area contributed by atoms with E-state index in [1.54, 1.807) is 12.1 Å². The molecule has 0 amide bonds. The minimum Gasteiger partial charge on any atom is -0.448 e. The fourth-order valence-corrected chi connectivity index (χ4v) is 7.72. The minimum atomic E-state index is -5.31. The number of hydrogen-bond donors (Lipinski definition) is 1. The molecule has 1 atom stereocenters. The smallest absolute Gasteiger partial charge is 0.426 e. The second-order valence-electron chi connectivity index (χ2n) is 6.05. The highest BCUT2D eigenvalue weighted by molar-refractivity contribution is 14.1. The van der Waals surface area contributed by atoms with Gasteiger partial charge in [-0.25, -0.2) is 9.59 Å². The molecule has 2 rings (SSSR count). The third-order valence-electron chi connectivity index (χ3n) is 3.65. The summed E-state index contributed by atoms with van der Waals surface area (Å²) in [5.41, 5.74) is -1.08. The summed E-state index contributed by atoms with van der Waals surface area (Å²) in [6.45, 7) is 0. The lowest BCUT2D eigenvalue weighted by Gasteiger charge is -2.21. The zero-order chi connectivity index (χ0) is 25.3. The van der Waals surface area contributed by atoms with Gasteiger partial charge in [0.1, 0.15) is 5.75 Å². The number of carbonyl (C=O) groups is 2. The Balaban J connectivity index is 2.50. The molecule has 0 spiro atoms. The van der Waals surface area contributed by atoms with Crippen LogP contribution in [-0.4, -0.2) is 42.9 Å². The summed E-state index contributed by atoms with van der Waals surface area (Å²) in [4.78, 5) is 25.6. The maximum Gasteiger partial charge on any atom is 0.426 e. The number of esters is 2. The fourth-order valence-electron chi connectivity index (χ4n) is 2.30. The summed E-state index contributed by atoms with van der Waals surface area (Å²) < 4.78 is 82.0. The quantitative estimate of drug-likeness (QED) is 0.159. The predicted molar refractivity (Wildman–Crippen MR) is 143 cm³/mol. The lowest BCUT2D eigenvalue weighted by atomic mass is 10.1. The second-order valence-corrected chi connectivity index (χ2v) is 12.8. The van der Waals surface area contributed by atoms with Crippen LogP contribution in [0.25, 0.3) is 0 Å². The highest BCUT2D eigenvalue weighted by Gasteiger charge is 2.46. The predicted octanol–water partition coefficient (Wildman–Crippen LogP) is 6.22. The van der Waals surface area contributed by atoms with E-state index in [4.69, 9.17) is 9.29 Å². The van der Waals surface area contributed by atoms with E-state index in [0.29, 0.717) is 7.14 Å². The van der Waals surface area contributed by atoms with Gasteiger partial charge >= 0.3 is 18.1 Å². The summed E-state index contributed by atoms with van der Waals surface area (Å²) in [5, 5.41) is 0. The van der Waals surface area contributed by atoms with Crippen molar-refractivity contribution in [3.63, 3.8) is 0 Å². The SMILES string of the molecule is O=C(Oc1c(I)cc(I)cc1I)c1c(Br)ccc(Br)c1C(=O)OC(CS(=O)(=O)O)C(F)(F)F. The van der Waals surface area contributed by atoms with Crippen LogP contribution in [0.5, 0.6) is 5.75 Å². The summed E-state index contributed by atoms with van der Waals surface area (Å²) in [6.07, 6.45) is -8.48. The lowest BCUT2D eigenvalue weighted by molar-refractivity contribution is -0.197. The average Bonchev–Trinajstić information content (AvgIpc) is 2.63. The van der Waals surface area contributed by atoms with Crippen molar-refractivity contribution < 1.29 is 45.2 Å². The van der Waals surface area contributed by atoms with E-state index < -0.39 is 51.2 Å². The Hall–Kier alpha value is 0.230. The number of benzene rings is 2. The van der Waals surface area contributed by atoms with Gasteiger partial charge in [-0.15, -0.1) is 0 Å². The van der Waals surface area contributed by atoms with Gasteiger partial charge < -0.3 is 9.47 Å². The Morgan fingerprint density at radius 2 is 1.45 bits per heavy atom. The van der Waals surface area contributed by atoms with Gasteiger partial charge in [-0.05, 0) is 124 Å². The first-order valence-corrected chi connectivity index (χ1v) is 14.5. The molecule has 0 heterocycles. The van der Waals surface area contributed by atoms with Crippen molar-refractivity contribution in [1.82, 2.24) is 0 Å². The minimum absolute atomic E-state index is 0.0107. The Bertz CT molecular complexity index is 1200. The van der Waals surface area contributed by atoms with Gasteiger partial charge in [-0.2, -0.15) is 21.6 Å². The summed E-state index contributed by atoms with van der Waals surface area (Å²) in [5.74, 6) is -4.47. The molecule has 0 saturated carbocycles. The van der Waals surface area contributed by atoms with Crippen LogP contribution < -0.4 is 4.74 Å². The topological polar surface area (TPSA) is 107 Å². The largest absolute Gasteiger partial charge is 0.448 e. The Morgan fingerprint density at radius 1 is 1.00 bits per heavy atom. The van der Waals surface area contributed by atoms with E-state index in [0.717, 1.165) is 3.57 Å². The van der Waals surface area contributed by atoms with Gasteiger partial charge in [-0.3, -0.25) is 4.55 Å². The van der Waals surface area contributed by atoms with E-state index in [-0.39, 0.29) is 14.7 Å². The van der Waals surface area contributed by atoms with Crippen molar-refractivity contribution in [3.8, 4) is 5.75 Å². The van der Waals surface area contributed by atoms with E-state index in [1.165, 1.54) is 12.1 Å². The van der Waals surface area contributed by atoms with Crippen molar-refractivity contribution in [2.75, 3.05) is 5.75 Å². The molecule has 1 N–H and O–H groups in total. The molecule has 0 fully saturated rings. The summed E-state index contributed by atoms with van der Waals surface area (Å²) in [6, 6.07) is 6.06. The maximum absolute atomic E-state index is 13.2. The highest BCUT2D eigenvalue weighted by atomic mass is 127. The van der Waals surface area contributed by atoms with Crippen LogP contribution in [0.1, 0.15) is 20.7 Å². The molecule has 180 valence electrons. The van der Waals surface area contributed by atoms with Crippen LogP contribution in [0.2, 0.25) is 0 Å². The van der Waals surface area contributed by atoms with Crippen LogP contribution in [0.15, 0.2) is 33.2 Å². The van der Waals surface area contributed by atoms with Gasteiger partial charge in [0, 0.05) is 12.5 Å². The number of halogens is 8. The van der Waals surface area contributed by atoms with E-state index in [2.05, 4.69) is 59.2 Å². The van der Waals surface area contributed by atoms with Gasteiger partial charge in [0.05, 0.1) is 18.3 Å². The zero-order valence-corrected chi connectivity index (χ0v) is 25.9. The van der Waals surface area contributed by atoms with E-state index >= 15 is 0 Å². The maximum atomic E-state index is 13.2. The van der Waals surface area contributed by atoms with Gasteiger partial charge in [0.2, 0.25) is 6.10 Å². The lowest BCUT2D eigenvalue weighted by Crippen LogP contribution is -2.39. The van der Waals surface area contributed by atoms with E-state index in [1.807, 2.05) is 45.2 Å². The molecule has 0 radical (unpaired) electrons. The molecule has 0 aromatic heterocycles. The van der Waals surface area contributed by atoms with Crippen molar-refractivity contribution in [2.24, 2.45) is 0 Å². The number of rotatable bonds is 6. The number of alkyl halides is 3. The molecule has 0 aliphatic rings. The molecular formula is C17H8Br2F3I3O7S. The number of ether oxygens (including phenoxy) is 2. The van der Waals surface area contributed by atoms with Crippen molar-refractivity contribution >= 4 is 122 Å². The summed E-state index contributed by atoms with van der Waals surface area (Å²) in [7, 11) is -5.14. The first kappa shape index (κ1) is 29.5. The molecular weight excluding hydrogens is 946 g/mol. The monoisotopic (exact) mass is 952 g/mol. The molecule has 0 aliphatic heterocycles. The Morgan fingerprint density at radius 3 is 1.88 bits per heavy atom. The Labute approximate surface area is 243 Å². The van der Waals surface area contributed by atoms with E-state index in [9.17, 15) is 31.2 Å². The fraction of sp³-hybridized carbons (Fsp3) is 0.176. The average molecular weight is 954 g/mol. The third-order valence-corrected chi connectivity index (χ3v) is 7.92. The molecule has 1 unspecified atom stereocenters. The van der Waals surface area contributed by atoms with Crippen LogP contribution in [0, 0.1) is 10.7 Å². The van der Waals surface area contributed by atoms with Crippen LogP contribution >= 0.6 is 99.6 Å². The number of hydrogen-bond acceptors (Lipinski definition) is 6.